The summed E-state index contributed by atoms with van der Waals surface area (Å²) < 4.78 is 12.7. The second kappa shape index (κ2) is 14.6. The van der Waals surface area contributed by atoms with E-state index in [9.17, 15) is 19.5 Å². The van der Waals surface area contributed by atoms with Crippen molar-refractivity contribution >= 4 is 34.6 Å². The summed E-state index contributed by atoms with van der Waals surface area (Å²) in [4.78, 5) is 39.7. The van der Waals surface area contributed by atoms with E-state index in [1.807, 2.05) is 60.7 Å². The number of carboxylic acid groups (broad SMARTS) is 1. The molecule has 2 heterocycles. The van der Waals surface area contributed by atoms with Crippen LogP contribution in [0.3, 0.4) is 0 Å². The van der Waals surface area contributed by atoms with Gasteiger partial charge in [-0.3, -0.25) is 19.3 Å². The molecular weight excluding hydrogens is 594 g/mol. The molecule has 1 aliphatic carbocycles. The number of aromatic hydroxyl groups is 1. The number of aliphatic carboxylic acids is 1. The van der Waals surface area contributed by atoms with E-state index < -0.39 is 17.8 Å². The average molecular weight is 638 g/mol. The standard InChI is InChI=1S/C39H43NO7/c1-2-25(21-26-17-18-33(41)30-14-9-8-13-29(26)30)16-19-34-36-27(23-46-28-11-5-3-6-12-28)22-31-37(32(36)24-47-34)39(45)40(38(31)44)20-10-4-7-15-35(42)43/h3,5-6,8-9,11-14,17-18,21,31-32,34,37,41H,2,4,7,10,15-16,19-20,22-24H2,1H3,(H,42,43)/b25-21+/t31-,32+,34-,37-/m1/s1. The third-order valence-corrected chi connectivity index (χ3v) is 10.0. The summed E-state index contributed by atoms with van der Waals surface area (Å²) in [5, 5.41) is 21.1. The first kappa shape index (κ1) is 32.5. The highest BCUT2D eigenvalue weighted by Crippen LogP contribution is 2.50. The van der Waals surface area contributed by atoms with E-state index in [1.165, 1.54) is 10.5 Å². The van der Waals surface area contributed by atoms with Gasteiger partial charge in [-0.1, -0.05) is 73.5 Å². The molecule has 6 rings (SSSR count). The Hall–Kier alpha value is -4.43. The van der Waals surface area contributed by atoms with Gasteiger partial charge in [0, 0.05) is 24.3 Å². The molecule has 3 aromatic rings. The lowest BCUT2D eigenvalue weighted by Crippen LogP contribution is -2.35. The Labute approximate surface area is 275 Å². The maximum absolute atomic E-state index is 13.8. The normalized spacial score (nSPS) is 22.6. The molecule has 4 atom stereocenters. The van der Waals surface area contributed by atoms with Gasteiger partial charge < -0.3 is 19.7 Å². The van der Waals surface area contributed by atoms with Crippen LogP contribution in [-0.2, 0) is 19.1 Å². The second-order valence-electron chi connectivity index (χ2n) is 12.9. The molecule has 47 heavy (non-hydrogen) atoms. The van der Waals surface area contributed by atoms with E-state index in [0.29, 0.717) is 45.4 Å². The van der Waals surface area contributed by atoms with Gasteiger partial charge in [-0.05, 0) is 78.8 Å². The number of imide groups is 1. The van der Waals surface area contributed by atoms with E-state index in [0.717, 1.165) is 52.5 Å². The number of nitrogens with zero attached hydrogens (tertiary/aromatic N) is 1. The van der Waals surface area contributed by atoms with Gasteiger partial charge in [0.1, 0.15) is 18.1 Å². The van der Waals surface area contributed by atoms with Crippen molar-refractivity contribution in [2.24, 2.45) is 17.8 Å². The zero-order valence-electron chi connectivity index (χ0n) is 26.9. The number of phenolic OH excluding ortho intramolecular Hbond substituents is 1. The molecule has 8 heteroatoms. The number of unbranched alkanes of at least 4 members (excludes halogenated alkanes) is 2. The number of carboxylic acids is 1. The van der Waals surface area contributed by atoms with Gasteiger partial charge in [0.05, 0.1) is 24.5 Å². The Bertz CT molecular complexity index is 1690. The third-order valence-electron chi connectivity index (χ3n) is 10.0. The molecule has 2 amide bonds. The molecule has 3 aromatic carbocycles. The molecule has 0 spiro atoms. The Morgan fingerprint density at radius 1 is 0.936 bits per heavy atom. The van der Waals surface area contributed by atoms with Crippen LogP contribution < -0.4 is 4.74 Å². The van der Waals surface area contributed by atoms with E-state index in [-0.39, 0.29) is 36.0 Å². The minimum Gasteiger partial charge on any atom is -0.507 e. The highest BCUT2D eigenvalue weighted by Gasteiger charge is 2.56. The predicted octanol–water partition coefficient (Wildman–Crippen LogP) is 7.16. The summed E-state index contributed by atoms with van der Waals surface area (Å²) in [6.45, 7) is 3.21. The van der Waals surface area contributed by atoms with Crippen LogP contribution in [0.4, 0.5) is 0 Å². The fourth-order valence-corrected chi connectivity index (χ4v) is 7.62. The number of hydrogen-bond acceptors (Lipinski definition) is 6. The van der Waals surface area contributed by atoms with Gasteiger partial charge >= 0.3 is 5.97 Å². The van der Waals surface area contributed by atoms with Crippen LogP contribution in [0, 0.1) is 17.8 Å². The number of ether oxygens (including phenoxy) is 2. The fourth-order valence-electron chi connectivity index (χ4n) is 7.62. The van der Waals surface area contributed by atoms with Crippen molar-refractivity contribution in [2.75, 3.05) is 19.8 Å². The highest BCUT2D eigenvalue weighted by atomic mass is 16.5. The van der Waals surface area contributed by atoms with E-state index in [1.54, 1.807) is 6.07 Å². The summed E-state index contributed by atoms with van der Waals surface area (Å²) in [6.07, 6.45) is 6.81. The number of para-hydroxylation sites is 1. The van der Waals surface area contributed by atoms with Gasteiger partial charge in [0.15, 0.2) is 0 Å². The Balaban J connectivity index is 1.22. The Morgan fingerprint density at radius 3 is 2.47 bits per heavy atom. The van der Waals surface area contributed by atoms with Crippen LogP contribution in [0.5, 0.6) is 11.5 Å². The maximum atomic E-state index is 13.8. The van der Waals surface area contributed by atoms with Crippen LogP contribution >= 0.6 is 0 Å². The summed E-state index contributed by atoms with van der Waals surface area (Å²) in [6, 6.07) is 21.2. The molecule has 0 aromatic heterocycles. The van der Waals surface area contributed by atoms with Gasteiger partial charge in [-0.15, -0.1) is 0 Å². The first-order valence-electron chi connectivity index (χ1n) is 16.8. The van der Waals surface area contributed by atoms with Crippen molar-refractivity contribution in [2.45, 2.75) is 64.4 Å². The molecular formula is C39H43NO7. The van der Waals surface area contributed by atoms with Crippen LogP contribution in [0.25, 0.3) is 16.8 Å². The van der Waals surface area contributed by atoms with Gasteiger partial charge in [0.25, 0.3) is 0 Å². The molecule has 2 saturated heterocycles. The number of rotatable bonds is 14. The smallest absolute Gasteiger partial charge is 0.303 e. The SMILES string of the molecule is CC/C(=C\c1ccc(O)c2ccccc12)CC[C@H]1OC[C@H]2C1=C(COc1ccccc1)C[C@H]1C(=O)N(CCCCCC(=O)O)C(=O)[C@H]12. The van der Waals surface area contributed by atoms with Gasteiger partial charge in [-0.2, -0.15) is 0 Å². The fraction of sp³-hybridized carbons (Fsp3) is 0.410. The van der Waals surface area contributed by atoms with Crippen molar-refractivity contribution in [1.82, 2.24) is 4.90 Å². The summed E-state index contributed by atoms with van der Waals surface area (Å²) >= 11 is 0. The maximum Gasteiger partial charge on any atom is 0.303 e. The lowest BCUT2D eigenvalue weighted by Gasteiger charge is -2.32. The van der Waals surface area contributed by atoms with E-state index in [4.69, 9.17) is 14.6 Å². The van der Waals surface area contributed by atoms with Crippen LogP contribution in [0.2, 0.25) is 0 Å². The molecule has 0 unspecified atom stereocenters. The lowest BCUT2D eigenvalue weighted by molar-refractivity contribution is -0.141. The molecule has 2 N–H and O–H groups in total. The Kier molecular flexibility index (Phi) is 10.1. The number of hydrogen-bond donors (Lipinski definition) is 2. The quantitative estimate of drug-likeness (QED) is 0.110. The van der Waals surface area contributed by atoms with Crippen LogP contribution in [0.1, 0.15) is 63.9 Å². The minimum absolute atomic E-state index is 0.0897. The molecule has 2 fully saturated rings. The van der Waals surface area contributed by atoms with Crippen LogP contribution in [0.15, 0.2) is 83.4 Å². The first-order chi connectivity index (χ1) is 22.9. The Morgan fingerprint density at radius 2 is 1.70 bits per heavy atom. The number of likely N-dealkylation sites (tertiary alicyclic amines) is 1. The third kappa shape index (κ3) is 6.98. The molecule has 0 bridgehead atoms. The zero-order chi connectivity index (χ0) is 32.9. The minimum atomic E-state index is -0.834. The zero-order valence-corrected chi connectivity index (χ0v) is 26.9. The second-order valence-corrected chi connectivity index (χ2v) is 12.9. The molecule has 8 nitrogen and oxygen atoms in total. The molecule has 0 radical (unpaired) electrons. The van der Waals surface area contributed by atoms with E-state index in [2.05, 4.69) is 13.0 Å². The van der Waals surface area contributed by atoms with Gasteiger partial charge in [0.2, 0.25) is 11.8 Å². The number of fused-ring (bicyclic) bond motifs is 4. The number of benzene rings is 3. The number of carbonyl (C=O) groups excluding carboxylic acids is 2. The summed E-state index contributed by atoms with van der Waals surface area (Å²) in [5.74, 6) is -1.10. The lowest BCUT2D eigenvalue weighted by atomic mass is 9.69. The summed E-state index contributed by atoms with van der Waals surface area (Å²) in [7, 11) is 0. The van der Waals surface area contributed by atoms with Crippen molar-refractivity contribution in [3.05, 3.63) is 89.0 Å². The number of phenols is 1. The monoisotopic (exact) mass is 637 g/mol. The molecule has 246 valence electrons. The number of amides is 2. The topological polar surface area (TPSA) is 113 Å². The molecule has 0 saturated carbocycles. The van der Waals surface area contributed by atoms with Crippen molar-refractivity contribution < 1.29 is 34.1 Å². The number of allylic oxidation sites excluding steroid dienone is 1. The van der Waals surface area contributed by atoms with Crippen LogP contribution in [-0.4, -0.2) is 58.8 Å². The van der Waals surface area contributed by atoms with Crippen molar-refractivity contribution in [3.63, 3.8) is 0 Å². The van der Waals surface area contributed by atoms with E-state index >= 15 is 0 Å². The van der Waals surface area contributed by atoms with Crippen molar-refractivity contribution in [1.29, 1.82) is 0 Å². The van der Waals surface area contributed by atoms with Gasteiger partial charge in [-0.25, -0.2) is 0 Å². The molecule has 2 aliphatic heterocycles. The number of carbonyl (C=O) groups is 3. The summed E-state index contributed by atoms with van der Waals surface area (Å²) in [5.41, 5.74) is 4.51. The predicted molar refractivity (Wildman–Crippen MR) is 180 cm³/mol. The largest absolute Gasteiger partial charge is 0.507 e. The average Bonchev–Trinajstić information content (AvgIpc) is 3.61. The first-order valence-corrected chi connectivity index (χ1v) is 16.8. The molecule has 3 aliphatic rings. The van der Waals surface area contributed by atoms with Crippen molar-refractivity contribution in [3.8, 4) is 11.5 Å². The highest BCUT2D eigenvalue weighted by molar-refractivity contribution is 6.06.